The lowest BCUT2D eigenvalue weighted by molar-refractivity contribution is -0.134. The van der Waals surface area contributed by atoms with Crippen molar-refractivity contribution >= 4 is 5.91 Å². The van der Waals surface area contributed by atoms with Gasteiger partial charge in [0.15, 0.2) is 18.1 Å². The molecule has 0 fully saturated rings. The minimum atomic E-state index is -0.0448. The number of likely N-dealkylation sites (N-methyl/N-ethyl adjacent to an activating group) is 1. The van der Waals surface area contributed by atoms with E-state index in [0.29, 0.717) is 24.6 Å². The summed E-state index contributed by atoms with van der Waals surface area (Å²) >= 11 is 0. The lowest BCUT2D eigenvalue weighted by Crippen LogP contribution is -2.39. The zero-order chi connectivity index (χ0) is 18.1. The highest BCUT2D eigenvalue weighted by atomic mass is 16.5. The Hall–Kier alpha value is -2.53. The number of benzene rings is 2. The van der Waals surface area contributed by atoms with Crippen LogP contribution in [0.1, 0.15) is 5.56 Å². The first kappa shape index (κ1) is 18.8. The van der Waals surface area contributed by atoms with E-state index >= 15 is 0 Å². The molecule has 0 spiro atoms. The molecule has 0 aromatic heterocycles. The zero-order valence-corrected chi connectivity index (χ0v) is 15.1. The molecule has 0 aliphatic rings. The maximum absolute atomic E-state index is 12.7. The third-order valence-corrected chi connectivity index (χ3v) is 3.81. The molecule has 2 aromatic carbocycles. The number of amides is 1. The second-order valence-electron chi connectivity index (χ2n) is 6.04. The number of hydrogen-bond acceptors (Lipinski definition) is 4. The van der Waals surface area contributed by atoms with E-state index in [1.54, 1.807) is 13.2 Å². The van der Waals surface area contributed by atoms with Gasteiger partial charge in [0.05, 0.1) is 7.11 Å². The molecule has 1 amide bonds. The zero-order valence-electron chi connectivity index (χ0n) is 15.1. The molecule has 25 heavy (non-hydrogen) atoms. The van der Waals surface area contributed by atoms with Crippen LogP contribution >= 0.6 is 0 Å². The standard InChI is InChI=1S/C20H26N2O3/c1-21(2)13-14-22(15-17-9-5-4-6-10-17)20(23)16-25-19-12-8-7-11-18(19)24-3/h4-12H,13-16H2,1-3H3. The van der Waals surface area contributed by atoms with Crippen molar-refractivity contribution in [2.45, 2.75) is 6.54 Å². The van der Waals surface area contributed by atoms with Crippen LogP contribution in [0.3, 0.4) is 0 Å². The van der Waals surface area contributed by atoms with E-state index in [2.05, 4.69) is 4.90 Å². The van der Waals surface area contributed by atoms with Gasteiger partial charge in [-0.2, -0.15) is 0 Å². The van der Waals surface area contributed by atoms with Gasteiger partial charge in [-0.05, 0) is 31.8 Å². The average Bonchev–Trinajstić information content (AvgIpc) is 2.64. The molecule has 0 atom stereocenters. The van der Waals surface area contributed by atoms with E-state index in [1.807, 2.05) is 67.5 Å². The van der Waals surface area contributed by atoms with Gasteiger partial charge in [0.1, 0.15) is 0 Å². The maximum atomic E-state index is 12.7. The Morgan fingerprint density at radius 3 is 2.20 bits per heavy atom. The first-order chi connectivity index (χ1) is 12.1. The van der Waals surface area contributed by atoms with Gasteiger partial charge < -0.3 is 19.3 Å². The normalized spacial score (nSPS) is 10.6. The topological polar surface area (TPSA) is 42.0 Å². The molecule has 0 aliphatic carbocycles. The summed E-state index contributed by atoms with van der Waals surface area (Å²) in [5, 5.41) is 0. The molecule has 0 unspecified atom stereocenters. The number of para-hydroxylation sites is 2. The third-order valence-electron chi connectivity index (χ3n) is 3.81. The molecule has 5 nitrogen and oxygen atoms in total. The van der Waals surface area contributed by atoms with Crippen LogP contribution in [0.15, 0.2) is 54.6 Å². The van der Waals surface area contributed by atoms with Crippen LogP contribution in [0.25, 0.3) is 0 Å². The predicted molar refractivity (Wildman–Crippen MR) is 98.9 cm³/mol. The Balaban J connectivity index is 2.01. The Morgan fingerprint density at radius 2 is 1.56 bits per heavy atom. The number of carbonyl (C=O) groups excluding carboxylic acids is 1. The second-order valence-corrected chi connectivity index (χ2v) is 6.04. The van der Waals surface area contributed by atoms with Crippen LogP contribution in [0, 0.1) is 0 Å². The van der Waals surface area contributed by atoms with Crippen molar-refractivity contribution in [1.29, 1.82) is 0 Å². The number of ether oxygens (including phenoxy) is 2. The molecule has 0 bridgehead atoms. The summed E-state index contributed by atoms with van der Waals surface area (Å²) in [4.78, 5) is 16.6. The van der Waals surface area contributed by atoms with Gasteiger partial charge in [0.2, 0.25) is 0 Å². The Morgan fingerprint density at radius 1 is 0.920 bits per heavy atom. The molecule has 134 valence electrons. The summed E-state index contributed by atoms with van der Waals surface area (Å²) < 4.78 is 10.9. The molecule has 0 N–H and O–H groups in total. The molecule has 0 aliphatic heterocycles. The van der Waals surface area contributed by atoms with E-state index < -0.39 is 0 Å². The van der Waals surface area contributed by atoms with E-state index in [9.17, 15) is 4.79 Å². The molecule has 0 heterocycles. The lowest BCUT2D eigenvalue weighted by Gasteiger charge is -2.25. The van der Waals surface area contributed by atoms with E-state index in [1.165, 1.54) is 0 Å². The minimum Gasteiger partial charge on any atom is -0.493 e. The van der Waals surface area contributed by atoms with E-state index in [0.717, 1.165) is 12.1 Å². The summed E-state index contributed by atoms with van der Waals surface area (Å²) in [7, 11) is 5.58. The molecule has 0 saturated heterocycles. The average molecular weight is 342 g/mol. The first-order valence-corrected chi connectivity index (χ1v) is 8.32. The Bertz CT molecular complexity index is 659. The van der Waals surface area contributed by atoms with Crippen molar-refractivity contribution in [1.82, 2.24) is 9.80 Å². The van der Waals surface area contributed by atoms with Gasteiger partial charge in [-0.3, -0.25) is 4.79 Å². The van der Waals surface area contributed by atoms with Gasteiger partial charge in [-0.1, -0.05) is 42.5 Å². The quantitative estimate of drug-likeness (QED) is 0.703. The molecule has 0 saturated carbocycles. The van der Waals surface area contributed by atoms with Gasteiger partial charge in [0, 0.05) is 19.6 Å². The van der Waals surface area contributed by atoms with Crippen molar-refractivity contribution < 1.29 is 14.3 Å². The monoisotopic (exact) mass is 342 g/mol. The van der Waals surface area contributed by atoms with Crippen LogP contribution in [0.2, 0.25) is 0 Å². The Kier molecular flexibility index (Phi) is 7.29. The SMILES string of the molecule is COc1ccccc1OCC(=O)N(CCN(C)C)Cc1ccccc1. The summed E-state index contributed by atoms with van der Waals surface area (Å²) in [5.41, 5.74) is 1.10. The van der Waals surface area contributed by atoms with E-state index in [4.69, 9.17) is 9.47 Å². The number of rotatable bonds is 9. The fourth-order valence-electron chi connectivity index (χ4n) is 2.39. The highest BCUT2D eigenvalue weighted by molar-refractivity contribution is 5.77. The maximum Gasteiger partial charge on any atom is 0.260 e. The molecule has 0 radical (unpaired) electrons. The van der Waals surface area contributed by atoms with Crippen LogP contribution in [-0.2, 0) is 11.3 Å². The van der Waals surface area contributed by atoms with Crippen LogP contribution in [0.4, 0.5) is 0 Å². The number of nitrogens with zero attached hydrogens (tertiary/aromatic N) is 2. The van der Waals surface area contributed by atoms with Gasteiger partial charge in [-0.15, -0.1) is 0 Å². The summed E-state index contributed by atoms with van der Waals surface area (Å²) in [6.07, 6.45) is 0. The highest BCUT2D eigenvalue weighted by Gasteiger charge is 2.16. The second kappa shape index (κ2) is 9.69. The number of hydrogen-bond donors (Lipinski definition) is 0. The fourth-order valence-corrected chi connectivity index (χ4v) is 2.39. The van der Waals surface area contributed by atoms with Gasteiger partial charge in [0.25, 0.3) is 5.91 Å². The summed E-state index contributed by atoms with van der Waals surface area (Å²) in [6.45, 7) is 2.01. The predicted octanol–water partition coefficient (Wildman–Crippen LogP) is 2.66. The van der Waals surface area contributed by atoms with Crippen LogP contribution < -0.4 is 9.47 Å². The molecule has 2 aromatic rings. The molecule has 2 rings (SSSR count). The highest BCUT2D eigenvalue weighted by Crippen LogP contribution is 2.25. The minimum absolute atomic E-state index is 0.0133. The van der Waals surface area contributed by atoms with Gasteiger partial charge >= 0.3 is 0 Å². The third kappa shape index (κ3) is 6.12. The van der Waals surface area contributed by atoms with E-state index in [-0.39, 0.29) is 12.5 Å². The number of methoxy groups -OCH3 is 1. The first-order valence-electron chi connectivity index (χ1n) is 8.32. The lowest BCUT2D eigenvalue weighted by atomic mass is 10.2. The van der Waals surface area contributed by atoms with Crippen molar-refractivity contribution in [3.8, 4) is 11.5 Å². The summed E-state index contributed by atoms with van der Waals surface area (Å²) in [5.74, 6) is 1.15. The smallest absolute Gasteiger partial charge is 0.260 e. The van der Waals surface area contributed by atoms with Crippen molar-refractivity contribution in [3.05, 3.63) is 60.2 Å². The van der Waals surface area contributed by atoms with Crippen molar-refractivity contribution in [3.63, 3.8) is 0 Å². The van der Waals surface area contributed by atoms with Crippen molar-refractivity contribution in [2.24, 2.45) is 0 Å². The number of carbonyl (C=O) groups is 1. The fraction of sp³-hybridized carbons (Fsp3) is 0.350. The van der Waals surface area contributed by atoms with Crippen molar-refractivity contribution in [2.75, 3.05) is 40.9 Å². The Labute approximate surface area is 149 Å². The molecule has 5 heteroatoms. The molecular weight excluding hydrogens is 316 g/mol. The van der Waals surface area contributed by atoms with Gasteiger partial charge in [-0.25, -0.2) is 0 Å². The van der Waals surface area contributed by atoms with Crippen LogP contribution in [-0.4, -0.2) is 56.6 Å². The molecular formula is C20H26N2O3. The van der Waals surface area contributed by atoms with Crippen LogP contribution in [0.5, 0.6) is 11.5 Å². The largest absolute Gasteiger partial charge is 0.493 e. The summed E-state index contributed by atoms with van der Waals surface area (Å²) in [6, 6.07) is 17.3.